The molecule has 5 rings (SSSR count). The lowest BCUT2D eigenvalue weighted by molar-refractivity contribution is -0.0834. The Labute approximate surface area is 206 Å². The first kappa shape index (κ1) is 23.8. The maximum atomic E-state index is 13.3. The monoisotopic (exact) mass is 479 g/mol. The standard InChI is InChI=1S/C26H34FN7O/c1-18(2)35-24-16-32(17-24)14-21-5-4-20(12-19(21)3)25-6-9-28-26(31-25)30-22-13-29-34(15-22)23-7-10-33(27)11-8-23/h4-6,9,12-13,15,18,23-24H,7-8,10-11,14,16-17H2,1-3H3,(H,28,30,31). The topological polar surface area (TPSA) is 71.3 Å². The minimum atomic E-state index is 0.219. The molecule has 0 bridgehead atoms. The van der Waals surface area contributed by atoms with Crippen LogP contribution in [0.5, 0.6) is 0 Å². The van der Waals surface area contributed by atoms with Crippen molar-refractivity contribution in [2.24, 2.45) is 0 Å². The van der Waals surface area contributed by atoms with Gasteiger partial charge < -0.3 is 10.1 Å². The number of benzene rings is 1. The van der Waals surface area contributed by atoms with Gasteiger partial charge in [-0.2, -0.15) is 5.10 Å². The van der Waals surface area contributed by atoms with Crippen LogP contribution < -0.4 is 5.32 Å². The van der Waals surface area contributed by atoms with E-state index in [1.807, 2.05) is 16.9 Å². The second-order valence-corrected chi connectivity index (χ2v) is 9.88. The van der Waals surface area contributed by atoms with Gasteiger partial charge in [-0.05, 0) is 56.9 Å². The first-order valence-corrected chi connectivity index (χ1v) is 12.5. The molecule has 3 aromatic rings. The third-order valence-electron chi connectivity index (χ3n) is 6.72. The van der Waals surface area contributed by atoms with E-state index in [1.54, 1.807) is 12.4 Å². The molecular weight excluding hydrogens is 445 g/mol. The average molecular weight is 480 g/mol. The molecule has 1 N–H and O–H groups in total. The zero-order chi connectivity index (χ0) is 24.4. The van der Waals surface area contributed by atoms with E-state index >= 15 is 0 Å². The van der Waals surface area contributed by atoms with Crippen molar-refractivity contribution in [3.8, 4) is 11.3 Å². The largest absolute Gasteiger partial charge is 0.373 e. The SMILES string of the molecule is Cc1cc(-c2ccnc(Nc3cnn(C4CCN(F)CC4)c3)n2)ccc1CN1CC(OC(C)C)C1. The number of hydrogen-bond acceptors (Lipinski definition) is 7. The van der Waals surface area contributed by atoms with E-state index in [4.69, 9.17) is 9.72 Å². The fourth-order valence-electron chi connectivity index (χ4n) is 4.81. The molecule has 186 valence electrons. The molecule has 9 heteroatoms. The number of anilines is 2. The molecule has 0 aliphatic carbocycles. The van der Waals surface area contributed by atoms with Gasteiger partial charge in [0.1, 0.15) is 0 Å². The Morgan fingerprint density at radius 1 is 1.17 bits per heavy atom. The van der Waals surface area contributed by atoms with Gasteiger partial charge in [0.25, 0.3) is 0 Å². The quantitative estimate of drug-likeness (QED) is 0.476. The summed E-state index contributed by atoms with van der Waals surface area (Å²) in [5.41, 5.74) is 5.34. The van der Waals surface area contributed by atoms with Crippen LogP contribution in [0.15, 0.2) is 42.9 Å². The lowest BCUT2D eigenvalue weighted by Crippen LogP contribution is -2.52. The van der Waals surface area contributed by atoms with E-state index < -0.39 is 0 Å². The Morgan fingerprint density at radius 3 is 2.71 bits per heavy atom. The molecule has 35 heavy (non-hydrogen) atoms. The van der Waals surface area contributed by atoms with E-state index in [-0.39, 0.29) is 12.1 Å². The number of piperidine rings is 1. The van der Waals surface area contributed by atoms with Crippen LogP contribution in [-0.4, -0.2) is 68.2 Å². The van der Waals surface area contributed by atoms with Crippen molar-refractivity contribution in [1.29, 1.82) is 0 Å². The molecule has 2 fully saturated rings. The minimum absolute atomic E-state index is 0.219. The molecule has 0 radical (unpaired) electrons. The van der Waals surface area contributed by atoms with Gasteiger partial charge in [-0.15, -0.1) is 9.60 Å². The summed E-state index contributed by atoms with van der Waals surface area (Å²) in [5.74, 6) is 0.527. The van der Waals surface area contributed by atoms with Crippen molar-refractivity contribution >= 4 is 11.6 Å². The van der Waals surface area contributed by atoms with Crippen LogP contribution in [0.1, 0.15) is 43.9 Å². The second-order valence-electron chi connectivity index (χ2n) is 9.88. The summed E-state index contributed by atoms with van der Waals surface area (Å²) in [6.07, 6.45) is 7.63. The number of aromatic nitrogens is 4. The van der Waals surface area contributed by atoms with E-state index in [2.05, 4.69) is 59.3 Å². The summed E-state index contributed by atoms with van der Waals surface area (Å²) in [6, 6.07) is 8.67. The molecule has 1 aromatic carbocycles. The molecule has 0 amide bonds. The van der Waals surface area contributed by atoms with Gasteiger partial charge in [-0.25, -0.2) is 9.97 Å². The third kappa shape index (κ3) is 5.86. The van der Waals surface area contributed by atoms with Crippen LogP contribution in [0.25, 0.3) is 11.3 Å². The Kier molecular flexibility index (Phi) is 7.08. The van der Waals surface area contributed by atoms with Gasteiger partial charge in [0.05, 0.1) is 35.8 Å². The Bertz CT molecular complexity index is 1140. The minimum Gasteiger partial charge on any atom is -0.373 e. The highest BCUT2D eigenvalue weighted by Gasteiger charge is 2.28. The Morgan fingerprint density at radius 2 is 1.97 bits per heavy atom. The van der Waals surface area contributed by atoms with Crippen LogP contribution in [0.4, 0.5) is 16.1 Å². The highest BCUT2D eigenvalue weighted by molar-refractivity contribution is 5.63. The average Bonchev–Trinajstić information content (AvgIpc) is 3.27. The number of likely N-dealkylation sites (tertiary alicyclic amines) is 1. The van der Waals surface area contributed by atoms with Gasteiger partial charge in [-0.1, -0.05) is 12.1 Å². The predicted octanol–water partition coefficient (Wildman–Crippen LogP) is 4.52. The maximum Gasteiger partial charge on any atom is 0.227 e. The first-order chi connectivity index (χ1) is 16.9. The molecule has 2 aliphatic heterocycles. The number of hydrogen-bond donors (Lipinski definition) is 1. The van der Waals surface area contributed by atoms with Gasteiger partial charge >= 0.3 is 0 Å². The maximum absolute atomic E-state index is 13.3. The number of ether oxygens (including phenoxy) is 1. The lowest BCUT2D eigenvalue weighted by Gasteiger charge is -2.40. The number of nitrogens with one attached hydrogen (secondary N) is 1. The van der Waals surface area contributed by atoms with Crippen molar-refractivity contribution in [3.63, 3.8) is 0 Å². The van der Waals surface area contributed by atoms with E-state index in [9.17, 15) is 4.48 Å². The smallest absolute Gasteiger partial charge is 0.227 e. The second kappa shape index (κ2) is 10.4. The number of halogens is 1. The molecule has 0 atom stereocenters. The van der Waals surface area contributed by atoms with Gasteiger partial charge in [-0.3, -0.25) is 9.58 Å². The number of rotatable bonds is 8. The molecule has 4 heterocycles. The summed E-state index contributed by atoms with van der Waals surface area (Å²) >= 11 is 0. The van der Waals surface area contributed by atoms with E-state index in [0.29, 0.717) is 25.1 Å². The summed E-state index contributed by atoms with van der Waals surface area (Å²) in [7, 11) is 0. The molecule has 2 saturated heterocycles. The zero-order valence-corrected chi connectivity index (χ0v) is 20.7. The van der Waals surface area contributed by atoms with Crippen molar-refractivity contribution in [3.05, 3.63) is 54.0 Å². The van der Waals surface area contributed by atoms with Crippen LogP contribution in [0.3, 0.4) is 0 Å². The van der Waals surface area contributed by atoms with Crippen molar-refractivity contribution in [2.45, 2.75) is 58.4 Å². The van der Waals surface area contributed by atoms with Gasteiger partial charge in [0.15, 0.2) is 0 Å². The Hall–Kier alpha value is -2.88. The van der Waals surface area contributed by atoms with E-state index in [1.165, 1.54) is 11.1 Å². The molecule has 2 aliphatic rings. The van der Waals surface area contributed by atoms with Crippen molar-refractivity contribution < 1.29 is 9.22 Å². The van der Waals surface area contributed by atoms with Gasteiger partial charge in [0, 0.05) is 50.7 Å². The van der Waals surface area contributed by atoms with Crippen LogP contribution in [0, 0.1) is 6.92 Å². The van der Waals surface area contributed by atoms with Crippen LogP contribution in [0.2, 0.25) is 0 Å². The highest BCUT2D eigenvalue weighted by atomic mass is 19.2. The van der Waals surface area contributed by atoms with Crippen molar-refractivity contribution in [2.75, 3.05) is 31.5 Å². The lowest BCUT2D eigenvalue weighted by atomic mass is 10.0. The third-order valence-corrected chi connectivity index (χ3v) is 6.72. The first-order valence-electron chi connectivity index (χ1n) is 12.5. The molecule has 0 unspecified atom stereocenters. The van der Waals surface area contributed by atoms with Gasteiger partial charge in [0.2, 0.25) is 5.95 Å². The fraction of sp³-hybridized carbons (Fsp3) is 0.500. The summed E-state index contributed by atoms with van der Waals surface area (Å²) in [4.78, 5) is 11.5. The molecular formula is C26H34FN7O. The molecule has 0 spiro atoms. The van der Waals surface area contributed by atoms with E-state index in [0.717, 1.165) is 54.5 Å². The summed E-state index contributed by atoms with van der Waals surface area (Å²) in [6.45, 7) is 10.1. The van der Waals surface area contributed by atoms with Crippen molar-refractivity contribution in [1.82, 2.24) is 29.8 Å². The molecule has 8 nitrogen and oxygen atoms in total. The summed E-state index contributed by atoms with van der Waals surface area (Å²) < 4.78 is 21.1. The Balaban J connectivity index is 1.21. The number of nitrogens with zero attached hydrogens (tertiary/aromatic N) is 6. The normalized spacial score (nSPS) is 18.2. The number of aryl methyl sites for hydroxylation is 1. The van der Waals surface area contributed by atoms with Crippen LogP contribution >= 0.6 is 0 Å². The fourth-order valence-corrected chi connectivity index (χ4v) is 4.81. The molecule has 0 saturated carbocycles. The van der Waals surface area contributed by atoms with Crippen LogP contribution in [-0.2, 0) is 11.3 Å². The zero-order valence-electron chi connectivity index (χ0n) is 20.7. The molecule has 2 aromatic heterocycles. The summed E-state index contributed by atoms with van der Waals surface area (Å²) in [5, 5.41) is 8.59. The highest BCUT2D eigenvalue weighted by Crippen LogP contribution is 2.26. The predicted molar refractivity (Wildman–Crippen MR) is 134 cm³/mol.